The number of carbonyl (C=O) groups is 2. The molecule has 1 heterocycles. The van der Waals surface area contributed by atoms with Crippen LogP contribution in [0.1, 0.15) is 22.2 Å². The standard InChI is InChI=1S/C21H19NO3S/c1-14-8-10-16(11-9-14)18-12-13-26-19(18)21(24)25-15(2)20(23)22-17-6-4-3-5-7-17/h3-13,15H,1-2H3,(H,22,23)/t15-/m0/s1. The van der Waals surface area contributed by atoms with Crippen molar-refractivity contribution in [1.29, 1.82) is 0 Å². The SMILES string of the molecule is Cc1ccc(-c2ccsc2C(=O)O[C@@H](C)C(=O)Nc2ccccc2)cc1. The fourth-order valence-electron chi connectivity index (χ4n) is 2.46. The van der Waals surface area contributed by atoms with Crippen LogP contribution in [0.3, 0.4) is 0 Å². The number of para-hydroxylation sites is 1. The van der Waals surface area contributed by atoms with Crippen molar-refractivity contribution >= 4 is 28.9 Å². The van der Waals surface area contributed by atoms with Gasteiger partial charge in [0, 0.05) is 11.3 Å². The quantitative estimate of drug-likeness (QED) is 0.654. The topological polar surface area (TPSA) is 55.4 Å². The van der Waals surface area contributed by atoms with Crippen molar-refractivity contribution in [2.24, 2.45) is 0 Å². The minimum absolute atomic E-state index is 0.363. The summed E-state index contributed by atoms with van der Waals surface area (Å²) in [5, 5.41) is 4.58. The summed E-state index contributed by atoms with van der Waals surface area (Å²) in [7, 11) is 0. The van der Waals surface area contributed by atoms with E-state index < -0.39 is 12.1 Å². The van der Waals surface area contributed by atoms with Gasteiger partial charge in [0.25, 0.3) is 5.91 Å². The number of nitrogens with one attached hydrogen (secondary N) is 1. The summed E-state index contributed by atoms with van der Waals surface area (Å²) in [6, 6.07) is 18.9. The van der Waals surface area contributed by atoms with Gasteiger partial charge in [-0.15, -0.1) is 11.3 Å². The van der Waals surface area contributed by atoms with Gasteiger partial charge < -0.3 is 10.1 Å². The van der Waals surface area contributed by atoms with Gasteiger partial charge in [-0.2, -0.15) is 0 Å². The lowest BCUT2D eigenvalue weighted by molar-refractivity contribution is -0.123. The molecule has 0 fully saturated rings. The van der Waals surface area contributed by atoms with E-state index in [1.54, 1.807) is 19.1 Å². The van der Waals surface area contributed by atoms with E-state index in [1.165, 1.54) is 11.3 Å². The summed E-state index contributed by atoms with van der Waals surface area (Å²) in [6.45, 7) is 3.58. The van der Waals surface area contributed by atoms with Crippen molar-refractivity contribution in [2.45, 2.75) is 20.0 Å². The molecule has 1 N–H and O–H groups in total. The highest BCUT2D eigenvalue weighted by Crippen LogP contribution is 2.29. The van der Waals surface area contributed by atoms with Gasteiger partial charge in [-0.3, -0.25) is 4.79 Å². The first-order valence-electron chi connectivity index (χ1n) is 8.26. The van der Waals surface area contributed by atoms with Crippen LogP contribution in [-0.2, 0) is 9.53 Å². The lowest BCUT2D eigenvalue weighted by Crippen LogP contribution is -2.29. The predicted octanol–water partition coefficient (Wildman–Crippen LogP) is 4.91. The van der Waals surface area contributed by atoms with Crippen molar-refractivity contribution in [3.05, 3.63) is 76.5 Å². The average Bonchev–Trinajstić information content (AvgIpc) is 3.13. The van der Waals surface area contributed by atoms with Gasteiger partial charge >= 0.3 is 5.97 Å². The first kappa shape index (κ1) is 17.9. The van der Waals surface area contributed by atoms with Crippen LogP contribution in [0.15, 0.2) is 66.0 Å². The molecule has 4 nitrogen and oxygen atoms in total. The third-order valence-corrected chi connectivity index (χ3v) is 4.80. The zero-order chi connectivity index (χ0) is 18.5. The summed E-state index contributed by atoms with van der Waals surface area (Å²) >= 11 is 1.31. The van der Waals surface area contributed by atoms with Gasteiger partial charge in [-0.1, -0.05) is 48.0 Å². The van der Waals surface area contributed by atoms with Crippen LogP contribution in [0, 0.1) is 6.92 Å². The molecule has 5 heteroatoms. The first-order chi connectivity index (χ1) is 12.5. The predicted molar refractivity (Wildman–Crippen MR) is 104 cm³/mol. The van der Waals surface area contributed by atoms with Crippen molar-refractivity contribution in [2.75, 3.05) is 5.32 Å². The Morgan fingerprint density at radius 1 is 1.00 bits per heavy atom. The van der Waals surface area contributed by atoms with Crippen LogP contribution >= 0.6 is 11.3 Å². The average molecular weight is 365 g/mol. The number of hydrogen-bond donors (Lipinski definition) is 1. The van der Waals surface area contributed by atoms with Crippen molar-refractivity contribution < 1.29 is 14.3 Å². The van der Waals surface area contributed by atoms with Crippen LogP contribution in [0.4, 0.5) is 5.69 Å². The fraction of sp³-hybridized carbons (Fsp3) is 0.143. The Kier molecular flexibility index (Phi) is 5.49. The van der Waals surface area contributed by atoms with Gasteiger partial charge in [0.05, 0.1) is 0 Å². The second-order valence-corrected chi connectivity index (χ2v) is 6.85. The minimum Gasteiger partial charge on any atom is -0.448 e. The van der Waals surface area contributed by atoms with Crippen LogP contribution in [0.2, 0.25) is 0 Å². The monoisotopic (exact) mass is 365 g/mol. The van der Waals surface area contributed by atoms with Gasteiger partial charge in [0.1, 0.15) is 4.88 Å². The second-order valence-electron chi connectivity index (χ2n) is 5.93. The molecule has 0 aliphatic carbocycles. The Bertz CT molecular complexity index is 901. The summed E-state index contributed by atoms with van der Waals surface area (Å²) < 4.78 is 5.37. The van der Waals surface area contributed by atoms with Crippen LogP contribution in [-0.4, -0.2) is 18.0 Å². The highest BCUT2D eigenvalue weighted by atomic mass is 32.1. The van der Waals surface area contributed by atoms with E-state index in [2.05, 4.69) is 5.32 Å². The molecule has 26 heavy (non-hydrogen) atoms. The number of carbonyl (C=O) groups excluding carboxylic acids is 2. The van der Waals surface area contributed by atoms with E-state index in [1.807, 2.05) is 60.8 Å². The number of anilines is 1. The Morgan fingerprint density at radius 2 is 1.69 bits per heavy atom. The molecule has 3 rings (SSSR count). The summed E-state index contributed by atoms with van der Waals surface area (Å²) in [4.78, 5) is 25.3. The molecule has 2 aromatic carbocycles. The maximum atomic E-state index is 12.5. The van der Waals surface area contributed by atoms with Crippen molar-refractivity contribution in [3.63, 3.8) is 0 Å². The van der Waals surface area contributed by atoms with Gasteiger partial charge in [-0.05, 0) is 43.0 Å². The first-order valence-corrected chi connectivity index (χ1v) is 9.14. The Balaban J connectivity index is 1.69. The van der Waals surface area contributed by atoms with Gasteiger partial charge in [0.2, 0.25) is 0 Å². The lowest BCUT2D eigenvalue weighted by Gasteiger charge is -2.13. The Labute approximate surface area is 156 Å². The number of amides is 1. The molecular weight excluding hydrogens is 346 g/mol. The molecule has 0 spiro atoms. The van der Waals surface area contributed by atoms with E-state index in [-0.39, 0.29) is 5.91 Å². The smallest absolute Gasteiger partial charge is 0.349 e. The van der Waals surface area contributed by atoms with Crippen molar-refractivity contribution in [1.82, 2.24) is 0 Å². The zero-order valence-corrected chi connectivity index (χ0v) is 15.4. The minimum atomic E-state index is -0.893. The number of hydrogen-bond acceptors (Lipinski definition) is 4. The second kappa shape index (κ2) is 7.97. The molecule has 0 unspecified atom stereocenters. The zero-order valence-electron chi connectivity index (χ0n) is 14.6. The number of thiophene rings is 1. The van der Waals surface area contributed by atoms with E-state index in [9.17, 15) is 9.59 Å². The molecule has 1 atom stereocenters. The molecule has 0 saturated carbocycles. The summed E-state index contributed by atoms with van der Waals surface area (Å²) in [5.74, 6) is -0.857. The number of aryl methyl sites for hydroxylation is 1. The summed E-state index contributed by atoms with van der Waals surface area (Å²) in [6.07, 6.45) is -0.893. The van der Waals surface area contributed by atoms with E-state index in [4.69, 9.17) is 4.74 Å². The highest BCUT2D eigenvalue weighted by Gasteiger charge is 2.22. The Hall–Kier alpha value is -2.92. The number of benzene rings is 2. The van der Waals surface area contributed by atoms with E-state index >= 15 is 0 Å². The molecular formula is C21H19NO3S. The largest absolute Gasteiger partial charge is 0.448 e. The molecule has 132 valence electrons. The lowest BCUT2D eigenvalue weighted by atomic mass is 10.1. The summed E-state index contributed by atoms with van der Waals surface area (Å²) in [5.41, 5.74) is 3.58. The van der Waals surface area contributed by atoms with Gasteiger partial charge in [0.15, 0.2) is 6.10 Å². The third kappa shape index (κ3) is 4.18. The molecule has 0 bridgehead atoms. The van der Waals surface area contributed by atoms with Crippen LogP contribution < -0.4 is 5.32 Å². The molecule has 0 aliphatic heterocycles. The molecule has 1 aromatic heterocycles. The molecule has 3 aromatic rings. The maximum Gasteiger partial charge on any atom is 0.349 e. The highest BCUT2D eigenvalue weighted by molar-refractivity contribution is 7.12. The van der Waals surface area contributed by atoms with E-state index in [0.717, 1.165) is 16.7 Å². The van der Waals surface area contributed by atoms with E-state index in [0.29, 0.717) is 10.6 Å². The fourth-order valence-corrected chi connectivity index (χ4v) is 3.26. The number of rotatable bonds is 5. The number of ether oxygens (including phenoxy) is 1. The van der Waals surface area contributed by atoms with Gasteiger partial charge in [-0.25, -0.2) is 4.79 Å². The van der Waals surface area contributed by atoms with Crippen LogP contribution in [0.25, 0.3) is 11.1 Å². The molecule has 0 radical (unpaired) electrons. The normalized spacial score (nSPS) is 11.6. The maximum absolute atomic E-state index is 12.5. The Morgan fingerprint density at radius 3 is 2.38 bits per heavy atom. The third-order valence-electron chi connectivity index (χ3n) is 3.91. The molecule has 0 aliphatic rings. The van der Waals surface area contributed by atoms with Crippen molar-refractivity contribution in [3.8, 4) is 11.1 Å². The molecule has 0 saturated heterocycles. The molecule has 1 amide bonds. The van der Waals surface area contributed by atoms with Crippen LogP contribution in [0.5, 0.6) is 0 Å². The number of esters is 1.